The van der Waals surface area contributed by atoms with Crippen LogP contribution in [0.4, 0.5) is 4.39 Å². The molecule has 4 heterocycles. The van der Waals surface area contributed by atoms with Gasteiger partial charge in [-0.15, -0.1) is 0 Å². The van der Waals surface area contributed by atoms with E-state index < -0.39 is 17.6 Å². The second kappa shape index (κ2) is 8.61. The zero-order valence-electron chi connectivity index (χ0n) is 19.3. The maximum atomic E-state index is 15.0. The minimum absolute atomic E-state index is 0.0457. The topological polar surface area (TPSA) is 81.6 Å². The molecule has 2 fully saturated rings. The summed E-state index contributed by atoms with van der Waals surface area (Å²) in [6.45, 7) is 0.436. The van der Waals surface area contributed by atoms with Crippen molar-refractivity contribution in [3.63, 3.8) is 0 Å². The Morgan fingerprint density at radius 2 is 1.89 bits per heavy atom. The lowest BCUT2D eigenvalue weighted by molar-refractivity contribution is -0.158. The van der Waals surface area contributed by atoms with Gasteiger partial charge in [-0.1, -0.05) is 43.2 Å². The van der Waals surface area contributed by atoms with Gasteiger partial charge >= 0.3 is 0 Å². The summed E-state index contributed by atoms with van der Waals surface area (Å²) >= 11 is 0. The van der Waals surface area contributed by atoms with E-state index in [2.05, 4.69) is 15.3 Å². The van der Waals surface area contributed by atoms with E-state index in [0.29, 0.717) is 24.5 Å². The molecule has 1 saturated heterocycles. The largest absolute Gasteiger partial charge is 0.385 e. The Balaban J connectivity index is 1.31. The van der Waals surface area contributed by atoms with Gasteiger partial charge in [-0.25, -0.2) is 14.4 Å². The Hall–Kier alpha value is -3.52. The minimum atomic E-state index is -0.960. The zero-order chi connectivity index (χ0) is 24.0. The van der Waals surface area contributed by atoms with Gasteiger partial charge in [0.25, 0.3) is 5.91 Å². The van der Waals surface area contributed by atoms with E-state index in [1.54, 1.807) is 35.6 Å². The number of piperidine rings is 1. The van der Waals surface area contributed by atoms with E-state index >= 15 is 0 Å². The Labute approximate surface area is 203 Å². The maximum Gasteiger partial charge on any atom is 0.266 e. The molecule has 180 valence electrons. The average Bonchev–Trinajstić information content (AvgIpc) is 3.31. The number of benzene rings is 1. The van der Waals surface area contributed by atoms with Gasteiger partial charge in [-0.05, 0) is 43.0 Å². The first-order valence-electron chi connectivity index (χ1n) is 12.3. The number of nitrogens with zero attached hydrogens (tertiary/aromatic N) is 4. The molecule has 1 aliphatic carbocycles. The number of allylic oxidation sites excluding steroid dienone is 3. The van der Waals surface area contributed by atoms with Gasteiger partial charge in [0.15, 0.2) is 12.0 Å². The van der Waals surface area contributed by atoms with E-state index in [1.807, 2.05) is 35.2 Å². The van der Waals surface area contributed by atoms with Crippen LogP contribution in [0.3, 0.4) is 0 Å². The van der Waals surface area contributed by atoms with Crippen LogP contribution < -0.4 is 5.32 Å². The van der Waals surface area contributed by atoms with E-state index in [9.17, 15) is 14.3 Å². The zero-order valence-corrected chi connectivity index (χ0v) is 19.3. The Kier molecular flexibility index (Phi) is 5.40. The van der Waals surface area contributed by atoms with Crippen LogP contribution in [0.25, 0.3) is 5.70 Å². The molecule has 1 saturated carbocycles. The number of halogens is 1. The van der Waals surface area contributed by atoms with Crippen LogP contribution in [-0.2, 0) is 10.4 Å². The van der Waals surface area contributed by atoms with Gasteiger partial charge in [-0.3, -0.25) is 4.79 Å². The van der Waals surface area contributed by atoms with Gasteiger partial charge in [0, 0.05) is 37.1 Å². The molecule has 0 spiro atoms. The molecule has 0 radical (unpaired) electrons. The molecule has 4 aliphatic rings. The highest BCUT2D eigenvalue weighted by Crippen LogP contribution is 2.47. The number of amides is 1. The molecule has 6 rings (SSSR count). The van der Waals surface area contributed by atoms with Gasteiger partial charge < -0.3 is 20.2 Å². The van der Waals surface area contributed by atoms with E-state index in [-0.39, 0.29) is 23.6 Å². The fourth-order valence-electron chi connectivity index (χ4n) is 6.21. The lowest BCUT2D eigenvalue weighted by Crippen LogP contribution is -2.62. The number of aliphatic hydroxyl groups is 1. The molecule has 1 aromatic carbocycles. The van der Waals surface area contributed by atoms with Crippen molar-refractivity contribution in [1.29, 1.82) is 0 Å². The van der Waals surface area contributed by atoms with Gasteiger partial charge in [-0.2, -0.15) is 0 Å². The summed E-state index contributed by atoms with van der Waals surface area (Å²) in [7, 11) is 0. The first kappa shape index (κ1) is 22.0. The highest BCUT2D eigenvalue weighted by atomic mass is 19.1. The number of likely N-dealkylation sites (tertiary alicyclic amines) is 1. The van der Waals surface area contributed by atoms with Crippen LogP contribution in [-0.4, -0.2) is 49.5 Å². The number of aromatic nitrogens is 2. The van der Waals surface area contributed by atoms with E-state index in [1.165, 1.54) is 6.08 Å². The number of hydrogen-bond acceptors (Lipinski definition) is 6. The molecule has 2 N–H and O–H groups in total. The predicted molar refractivity (Wildman–Crippen MR) is 128 cm³/mol. The average molecular weight is 474 g/mol. The number of fused-ring (bicyclic) bond motifs is 2. The molecule has 7 nitrogen and oxygen atoms in total. The molecule has 8 heteroatoms. The fraction of sp³-hybridized carbons (Fsp3) is 0.370. The summed E-state index contributed by atoms with van der Waals surface area (Å²) in [6, 6.07) is 11.4. The summed E-state index contributed by atoms with van der Waals surface area (Å²) < 4.78 is 15.0. The van der Waals surface area contributed by atoms with E-state index in [4.69, 9.17) is 0 Å². The van der Waals surface area contributed by atoms with Crippen LogP contribution in [0, 0.1) is 5.92 Å². The van der Waals surface area contributed by atoms with Crippen LogP contribution >= 0.6 is 0 Å². The molecular formula is C27H28FN5O2. The Morgan fingerprint density at radius 1 is 1.11 bits per heavy atom. The molecule has 4 atom stereocenters. The molecule has 1 amide bonds. The van der Waals surface area contributed by atoms with E-state index in [0.717, 1.165) is 31.2 Å². The van der Waals surface area contributed by atoms with Crippen molar-refractivity contribution in [3.05, 3.63) is 90.1 Å². The number of rotatable bonds is 3. The van der Waals surface area contributed by atoms with Crippen LogP contribution in [0.1, 0.15) is 43.5 Å². The molecular weight excluding hydrogens is 445 g/mol. The SMILES string of the molecule is O=C(C1NC(c2ncccn2)=C2C(F)=CC=CN21)N1CC[C@](O)(c2ccccc2)[C@H]2CCCC[C@H]21. The number of hydrogen-bond donors (Lipinski definition) is 2. The predicted octanol–water partition coefficient (Wildman–Crippen LogP) is 3.44. The Morgan fingerprint density at radius 3 is 2.69 bits per heavy atom. The standard InChI is InChI=1S/C27H28FN5O2/c28-20-11-6-16-33-23(20)22(24-29-14-7-15-30-24)31-25(33)26(34)32-17-13-27(35,18-8-2-1-3-9-18)19-10-4-5-12-21(19)32/h1-3,6-9,11,14-16,19,21,25,31,35H,4-5,10,12-13,17H2/t19-,21+,25?,27-/m0/s1. The van der Waals surface area contributed by atoms with Gasteiger partial charge in [0.05, 0.1) is 5.60 Å². The number of carbonyl (C=O) groups is 1. The Bertz CT molecular complexity index is 1210. The molecule has 35 heavy (non-hydrogen) atoms. The quantitative estimate of drug-likeness (QED) is 0.711. The summed E-state index contributed by atoms with van der Waals surface area (Å²) in [4.78, 5) is 26.1. The molecule has 2 aromatic rings. The highest BCUT2D eigenvalue weighted by Gasteiger charge is 2.52. The molecule has 1 aromatic heterocycles. The lowest BCUT2D eigenvalue weighted by Gasteiger charge is -2.53. The minimum Gasteiger partial charge on any atom is -0.385 e. The maximum absolute atomic E-state index is 15.0. The first-order chi connectivity index (χ1) is 17.1. The number of carbonyl (C=O) groups excluding carboxylic acids is 1. The third-order valence-corrected chi connectivity index (χ3v) is 7.83. The van der Waals surface area contributed by atoms with Crippen molar-refractivity contribution >= 4 is 11.6 Å². The second-order valence-corrected chi connectivity index (χ2v) is 9.64. The summed E-state index contributed by atoms with van der Waals surface area (Å²) in [5, 5.41) is 15.1. The first-order valence-corrected chi connectivity index (χ1v) is 12.3. The fourth-order valence-corrected chi connectivity index (χ4v) is 6.21. The smallest absolute Gasteiger partial charge is 0.266 e. The van der Waals surface area contributed by atoms with Crippen molar-refractivity contribution in [1.82, 2.24) is 25.1 Å². The number of nitrogens with one attached hydrogen (secondary N) is 1. The lowest BCUT2D eigenvalue weighted by atomic mass is 9.66. The third-order valence-electron chi connectivity index (χ3n) is 7.83. The summed E-state index contributed by atoms with van der Waals surface area (Å²) in [6.07, 6.45) is 11.3. The van der Waals surface area contributed by atoms with Crippen molar-refractivity contribution < 1.29 is 14.3 Å². The van der Waals surface area contributed by atoms with Gasteiger partial charge in [0.2, 0.25) is 0 Å². The van der Waals surface area contributed by atoms with Crippen molar-refractivity contribution in [2.75, 3.05) is 6.54 Å². The van der Waals surface area contributed by atoms with Crippen LogP contribution in [0.2, 0.25) is 0 Å². The summed E-state index contributed by atoms with van der Waals surface area (Å²) in [5.41, 5.74) is 0.634. The van der Waals surface area contributed by atoms with Crippen LogP contribution in [0.5, 0.6) is 0 Å². The third kappa shape index (κ3) is 3.55. The summed E-state index contributed by atoms with van der Waals surface area (Å²) in [5.74, 6) is -0.268. The molecule has 1 unspecified atom stereocenters. The molecule has 0 bridgehead atoms. The van der Waals surface area contributed by atoms with Crippen molar-refractivity contribution in [2.24, 2.45) is 5.92 Å². The molecule has 3 aliphatic heterocycles. The van der Waals surface area contributed by atoms with Crippen LogP contribution in [0.15, 0.2) is 78.7 Å². The monoisotopic (exact) mass is 473 g/mol. The van der Waals surface area contributed by atoms with Crippen molar-refractivity contribution in [3.8, 4) is 0 Å². The normalized spacial score (nSPS) is 29.9. The van der Waals surface area contributed by atoms with Crippen molar-refractivity contribution in [2.45, 2.75) is 49.9 Å². The highest BCUT2D eigenvalue weighted by molar-refractivity contribution is 5.87. The van der Waals surface area contributed by atoms with Gasteiger partial charge in [0.1, 0.15) is 17.2 Å². The second-order valence-electron chi connectivity index (χ2n) is 9.64.